The highest BCUT2D eigenvalue weighted by Crippen LogP contribution is 2.26. The summed E-state index contributed by atoms with van der Waals surface area (Å²) in [5, 5.41) is 2.05. The lowest BCUT2D eigenvalue weighted by atomic mass is 10.0. The molecule has 0 saturated heterocycles. The predicted octanol–water partition coefficient (Wildman–Crippen LogP) is 4.11. The third-order valence-corrected chi connectivity index (χ3v) is 6.07. The molecule has 0 radical (unpaired) electrons. The molecule has 0 bridgehead atoms. The Balaban J connectivity index is 1.68. The SMILES string of the molecule is COc1cccc(N(C)Cc2cc(=O)n3c(n2)N=C(c2cccs2)C(C)CC3)c1. The number of fused-ring (bicyclic) bond motifs is 1. The van der Waals surface area contributed by atoms with Crippen molar-refractivity contribution < 1.29 is 4.74 Å². The third-order valence-electron chi connectivity index (χ3n) is 5.18. The van der Waals surface area contributed by atoms with Gasteiger partial charge in [0.2, 0.25) is 5.95 Å². The van der Waals surface area contributed by atoms with Crippen molar-refractivity contribution >= 4 is 28.7 Å². The van der Waals surface area contributed by atoms with Crippen LogP contribution in [0.1, 0.15) is 23.9 Å². The second kappa shape index (κ2) is 8.21. The summed E-state index contributed by atoms with van der Waals surface area (Å²) in [7, 11) is 3.63. The van der Waals surface area contributed by atoms with Crippen LogP contribution in [0.3, 0.4) is 0 Å². The number of nitrogens with zero attached hydrogens (tertiary/aromatic N) is 4. The highest BCUT2D eigenvalue weighted by atomic mass is 32.1. The van der Waals surface area contributed by atoms with E-state index in [1.165, 1.54) is 0 Å². The molecule has 29 heavy (non-hydrogen) atoms. The van der Waals surface area contributed by atoms with Gasteiger partial charge in [0, 0.05) is 42.2 Å². The van der Waals surface area contributed by atoms with Gasteiger partial charge in [-0.15, -0.1) is 11.3 Å². The van der Waals surface area contributed by atoms with Gasteiger partial charge in [0.25, 0.3) is 5.56 Å². The van der Waals surface area contributed by atoms with Crippen molar-refractivity contribution in [2.75, 3.05) is 19.1 Å². The second-order valence-corrected chi connectivity index (χ2v) is 8.21. The summed E-state index contributed by atoms with van der Waals surface area (Å²) in [6, 6.07) is 13.6. The normalized spacial score (nSPS) is 16.0. The molecule has 3 heterocycles. The number of ether oxygens (including phenoxy) is 1. The lowest BCUT2D eigenvalue weighted by molar-refractivity contribution is 0.415. The summed E-state index contributed by atoms with van der Waals surface area (Å²) in [6.07, 6.45) is 0.869. The van der Waals surface area contributed by atoms with E-state index in [4.69, 9.17) is 14.7 Å². The van der Waals surface area contributed by atoms with Gasteiger partial charge in [-0.3, -0.25) is 9.36 Å². The van der Waals surface area contributed by atoms with Gasteiger partial charge in [0.1, 0.15) is 5.75 Å². The minimum Gasteiger partial charge on any atom is -0.497 e. The number of aliphatic imine (C=N–C) groups is 1. The third kappa shape index (κ3) is 4.10. The van der Waals surface area contributed by atoms with Gasteiger partial charge in [-0.05, 0) is 30.0 Å². The van der Waals surface area contributed by atoms with Gasteiger partial charge in [0.15, 0.2) is 0 Å². The molecule has 0 amide bonds. The Morgan fingerprint density at radius 2 is 2.14 bits per heavy atom. The van der Waals surface area contributed by atoms with E-state index in [0.29, 0.717) is 24.7 Å². The van der Waals surface area contributed by atoms with Gasteiger partial charge in [-0.25, -0.2) is 9.98 Å². The molecule has 0 fully saturated rings. The van der Waals surface area contributed by atoms with Gasteiger partial charge in [0.05, 0.1) is 25.1 Å². The van der Waals surface area contributed by atoms with Crippen LogP contribution >= 0.6 is 11.3 Å². The fourth-order valence-corrected chi connectivity index (χ4v) is 4.33. The first kappa shape index (κ1) is 19.4. The summed E-state index contributed by atoms with van der Waals surface area (Å²) in [4.78, 5) is 25.5. The summed E-state index contributed by atoms with van der Waals surface area (Å²) >= 11 is 1.67. The molecule has 1 aliphatic rings. The van der Waals surface area contributed by atoms with Crippen LogP contribution in [0.25, 0.3) is 0 Å². The smallest absolute Gasteiger partial charge is 0.255 e. The molecular weight excluding hydrogens is 384 g/mol. The predicted molar refractivity (Wildman–Crippen MR) is 118 cm³/mol. The molecule has 3 aromatic rings. The monoisotopic (exact) mass is 408 g/mol. The van der Waals surface area contributed by atoms with Crippen LogP contribution < -0.4 is 15.2 Å². The highest BCUT2D eigenvalue weighted by molar-refractivity contribution is 7.12. The minimum absolute atomic E-state index is 0.0487. The van der Waals surface area contributed by atoms with Gasteiger partial charge in [-0.2, -0.15) is 0 Å². The molecule has 6 nitrogen and oxygen atoms in total. The summed E-state index contributed by atoms with van der Waals surface area (Å²) in [5.74, 6) is 1.57. The van der Waals surface area contributed by atoms with Crippen LogP contribution in [0.5, 0.6) is 5.75 Å². The Bertz CT molecular complexity index is 1090. The molecular formula is C22H24N4O2S. The topological polar surface area (TPSA) is 59.7 Å². The molecule has 1 aliphatic heterocycles. The van der Waals surface area contributed by atoms with Crippen molar-refractivity contribution in [3.05, 3.63) is 68.8 Å². The zero-order valence-corrected chi connectivity index (χ0v) is 17.6. The lowest BCUT2D eigenvalue weighted by Crippen LogP contribution is -2.24. The quantitative estimate of drug-likeness (QED) is 0.637. The van der Waals surface area contributed by atoms with Crippen LogP contribution in [0.2, 0.25) is 0 Å². The van der Waals surface area contributed by atoms with E-state index in [2.05, 4.69) is 18.4 Å². The van der Waals surface area contributed by atoms with Crippen LogP contribution in [-0.2, 0) is 13.1 Å². The van der Waals surface area contributed by atoms with Gasteiger partial charge >= 0.3 is 0 Å². The van der Waals surface area contributed by atoms with Crippen molar-refractivity contribution in [1.82, 2.24) is 9.55 Å². The number of hydrogen-bond donors (Lipinski definition) is 0. The Labute approximate surface area is 174 Å². The maximum atomic E-state index is 12.8. The van der Waals surface area contributed by atoms with E-state index in [-0.39, 0.29) is 11.5 Å². The molecule has 1 unspecified atom stereocenters. The molecule has 0 saturated carbocycles. The van der Waals surface area contributed by atoms with Crippen LogP contribution in [0.4, 0.5) is 11.6 Å². The number of benzene rings is 1. The number of hydrogen-bond acceptors (Lipinski definition) is 6. The van der Waals surface area contributed by atoms with Crippen molar-refractivity contribution in [1.29, 1.82) is 0 Å². The first-order chi connectivity index (χ1) is 14.0. The maximum Gasteiger partial charge on any atom is 0.255 e. The Morgan fingerprint density at radius 1 is 1.28 bits per heavy atom. The summed E-state index contributed by atoms with van der Waals surface area (Å²) < 4.78 is 6.99. The molecule has 150 valence electrons. The van der Waals surface area contributed by atoms with Crippen molar-refractivity contribution in [3.63, 3.8) is 0 Å². The standard InChI is InChI=1S/C22H24N4O2S/c1-15-9-10-26-20(27)12-16(14-25(2)17-6-4-7-18(13-17)28-3)23-22(26)24-21(15)19-8-5-11-29-19/h4-8,11-13,15H,9-10,14H2,1-3H3. The van der Waals surface area contributed by atoms with Gasteiger partial charge < -0.3 is 9.64 Å². The van der Waals surface area contributed by atoms with Crippen LogP contribution in [0.15, 0.2) is 57.6 Å². The minimum atomic E-state index is -0.0487. The van der Waals surface area contributed by atoms with Crippen molar-refractivity contribution in [2.24, 2.45) is 10.9 Å². The molecule has 0 spiro atoms. The van der Waals surface area contributed by atoms with Crippen molar-refractivity contribution in [2.45, 2.75) is 26.4 Å². The van der Waals surface area contributed by atoms with E-state index < -0.39 is 0 Å². The molecule has 1 aromatic carbocycles. The average molecular weight is 409 g/mol. The van der Waals surface area contributed by atoms with Crippen molar-refractivity contribution in [3.8, 4) is 5.75 Å². The first-order valence-corrected chi connectivity index (χ1v) is 10.5. The average Bonchev–Trinajstić information content (AvgIpc) is 3.19. The van der Waals surface area contributed by atoms with E-state index >= 15 is 0 Å². The lowest BCUT2D eigenvalue weighted by Gasteiger charge is -2.20. The first-order valence-electron chi connectivity index (χ1n) is 9.63. The van der Waals surface area contributed by atoms with Gasteiger partial charge in [-0.1, -0.05) is 19.1 Å². The molecule has 0 aliphatic carbocycles. The fraction of sp³-hybridized carbons (Fsp3) is 0.318. The maximum absolute atomic E-state index is 12.8. The molecule has 0 N–H and O–H groups in total. The van der Waals surface area contributed by atoms with Crippen LogP contribution in [0, 0.1) is 5.92 Å². The van der Waals surface area contributed by atoms with E-state index in [9.17, 15) is 4.79 Å². The molecule has 1 atom stereocenters. The van der Waals surface area contributed by atoms with E-state index in [1.54, 1.807) is 29.1 Å². The van der Waals surface area contributed by atoms with E-state index in [1.807, 2.05) is 42.3 Å². The number of rotatable bonds is 5. The summed E-state index contributed by atoms with van der Waals surface area (Å²) in [6.45, 7) is 3.30. The summed E-state index contributed by atoms with van der Waals surface area (Å²) in [5.41, 5.74) is 2.66. The number of methoxy groups -OCH3 is 1. The molecule has 2 aromatic heterocycles. The fourth-order valence-electron chi connectivity index (χ4n) is 3.50. The Kier molecular flexibility index (Phi) is 5.49. The zero-order valence-electron chi connectivity index (χ0n) is 16.8. The molecule has 4 rings (SSSR count). The highest BCUT2D eigenvalue weighted by Gasteiger charge is 2.21. The second-order valence-electron chi connectivity index (χ2n) is 7.26. The Hall–Kier alpha value is -2.93. The van der Waals surface area contributed by atoms with Crippen LogP contribution in [-0.4, -0.2) is 29.4 Å². The zero-order chi connectivity index (χ0) is 20.4. The largest absolute Gasteiger partial charge is 0.497 e. The number of thiophene rings is 1. The Morgan fingerprint density at radius 3 is 2.90 bits per heavy atom. The number of anilines is 1. The number of aromatic nitrogens is 2. The molecule has 7 heteroatoms. The van der Waals surface area contributed by atoms with E-state index in [0.717, 1.165) is 28.4 Å².